The van der Waals surface area contributed by atoms with Crippen LogP contribution in [0.25, 0.3) is 6.08 Å². The lowest BCUT2D eigenvalue weighted by molar-refractivity contribution is -0.147. The maximum atomic E-state index is 11.8. The largest absolute Gasteiger partial charge is 0.480 e. The molecule has 1 unspecified atom stereocenters. The van der Waals surface area contributed by atoms with Crippen LogP contribution in [-0.4, -0.2) is 35.0 Å². The van der Waals surface area contributed by atoms with Crippen molar-refractivity contribution in [1.29, 1.82) is 0 Å². The van der Waals surface area contributed by atoms with Crippen LogP contribution >= 0.6 is 15.9 Å². The second kappa shape index (κ2) is 6.39. The molecule has 0 aliphatic carbocycles. The van der Waals surface area contributed by atoms with Crippen molar-refractivity contribution in [2.75, 3.05) is 7.05 Å². The number of aliphatic carboxylic acids is 1. The Bertz CT molecular complexity index is 466. The highest BCUT2D eigenvalue weighted by Crippen LogP contribution is 2.15. The summed E-state index contributed by atoms with van der Waals surface area (Å²) in [4.78, 5) is 23.9. The van der Waals surface area contributed by atoms with Crippen LogP contribution in [0.1, 0.15) is 19.1 Å². The van der Waals surface area contributed by atoms with E-state index in [1.165, 1.54) is 24.1 Å². The normalized spacial score (nSPS) is 12.6. The number of hydrogen-bond donors (Lipinski definition) is 1. The van der Waals surface area contributed by atoms with E-state index in [9.17, 15) is 9.59 Å². The third-order valence-electron chi connectivity index (χ3n) is 2.47. The van der Waals surface area contributed by atoms with Crippen LogP contribution in [-0.2, 0) is 9.59 Å². The molecule has 0 spiro atoms. The number of amides is 1. The molecule has 1 aromatic heterocycles. The fraction of sp³-hybridized carbons (Fsp3) is 0.333. The molecule has 0 aliphatic rings. The number of carboxylic acids is 1. The first-order valence-electron chi connectivity index (χ1n) is 5.38. The lowest BCUT2D eigenvalue weighted by Crippen LogP contribution is -2.41. The molecule has 1 amide bonds. The Morgan fingerprint density at radius 2 is 2.22 bits per heavy atom. The summed E-state index contributed by atoms with van der Waals surface area (Å²) in [7, 11) is 1.47. The summed E-state index contributed by atoms with van der Waals surface area (Å²) < 4.78 is 5.76. The summed E-state index contributed by atoms with van der Waals surface area (Å²) in [6.07, 6.45) is 3.15. The summed E-state index contributed by atoms with van der Waals surface area (Å²) in [5.41, 5.74) is 0. The Morgan fingerprint density at radius 1 is 1.56 bits per heavy atom. The number of nitrogens with zero attached hydrogens (tertiary/aromatic N) is 1. The number of rotatable bonds is 5. The molecule has 0 saturated carbocycles. The molecule has 1 heterocycles. The molecule has 0 bridgehead atoms. The van der Waals surface area contributed by atoms with Gasteiger partial charge < -0.3 is 14.4 Å². The first-order chi connectivity index (χ1) is 8.45. The van der Waals surface area contributed by atoms with Crippen LogP contribution in [0.2, 0.25) is 0 Å². The fourth-order valence-electron chi connectivity index (χ4n) is 1.46. The quantitative estimate of drug-likeness (QED) is 0.847. The van der Waals surface area contributed by atoms with Crippen molar-refractivity contribution in [3.05, 3.63) is 28.6 Å². The molecule has 6 heteroatoms. The predicted octanol–water partition coefficient (Wildman–Crippen LogP) is 2.38. The summed E-state index contributed by atoms with van der Waals surface area (Å²) in [5, 5.41) is 8.94. The van der Waals surface area contributed by atoms with Crippen LogP contribution in [0.4, 0.5) is 0 Å². The standard InChI is InChI=1S/C12H14BrNO4/c1-3-9(12(16)17)14(2)11(15)7-5-8-4-6-10(13)18-8/h4-7,9H,3H2,1-2H3,(H,16,17). The van der Waals surface area contributed by atoms with Crippen molar-refractivity contribution < 1.29 is 19.1 Å². The Hall–Kier alpha value is -1.56. The van der Waals surface area contributed by atoms with E-state index in [4.69, 9.17) is 9.52 Å². The number of carbonyl (C=O) groups excluding carboxylic acids is 1. The Labute approximate surface area is 113 Å². The van der Waals surface area contributed by atoms with Gasteiger partial charge in [0, 0.05) is 13.1 Å². The highest BCUT2D eigenvalue weighted by atomic mass is 79.9. The van der Waals surface area contributed by atoms with Gasteiger partial charge in [0.05, 0.1) is 0 Å². The van der Waals surface area contributed by atoms with E-state index in [1.54, 1.807) is 19.1 Å². The van der Waals surface area contributed by atoms with E-state index < -0.39 is 12.0 Å². The number of likely N-dealkylation sites (N-methyl/N-ethyl adjacent to an activating group) is 1. The molecule has 18 heavy (non-hydrogen) atoms. The molecule has 1 atom stereocenters. The van der Waals surface area contributed by atoms with Crippen LogP contribution in [0.5, 0.6) is 0 Å². The molecule has 0 fully saturated rings. The van der Waals surface area contributed by atoms with Crippen molar-refractivity contribution in [3.63, 3.8) is 0 Å². The van der Waals surface area contributed by atoms with Crippen LogP contribution in [0, 0.1) is 0 Å². The lowest BCUT2D eigenvalue weighted by atomic mass is 10.2. The smallest absolute Gasteiger partial charge is 0.326 e. The molecule has 0 saturated heterocycles. The van der Waals surface area contributed by atoms with E-state index in [0.717, 1.165) is 0 Å². The van der Waals surface area contributed by atoms with Crippen molar-refractivity contribution >= 4 is 33.9 Å². The fourth-order valence-corrected chi connectivity index (χ4v) is 1.78. The van der Waals surface area contributed by atoms with Crippen molar-refractivity contribution in [3.8, 4) is 0 Å². The SMILES string of the molecule is CCC(C(=O)O)N(C)C(=O)C=Cc1ccc(Br)o1. The molecule has 98 valence electrons. The molecular formula is C12H14BrNO4. The highest BCUT2D eigenvalue weighted by Gasteiger charge is 2.23. The number of carbonyl (C=O) groups is 2. The zero-order chi connectivity index (χ0) is 13.7. The van der Waals surface area contributed by atoms with Gasteiger partial charge in [0.15, 0.2) is 4.67 Å². The Balaban J connectivity index is 2.70. The summed E-state index contributed by atoms with van der Waals surface area (Å²) in [6, 6.07) is 2.59. The Morgan fingerprint density at radius 3 is 2.67 bits per heavy atom. The average Bonchev–Trinajstić information content (AvgIpc) is 2.72. The van der Waals surface area contributed by atoms with Gasteiger partial charge in [-0.25, -0.2) is 4.79 Å². The molecular weight excluding hydrogens is 302 g/mol. The van der Waals surface area contributed by atoms with E-state index in [-0.39, 0.29) is 5.91 Å². The summed E-state index contributed by atoms with van der Waals surface area (Å²) in [6.45, 7) is 1.72. The second-order valence-electron chi connectivity index (χ2n) is 3.69. The van der Waals surface area contributed by atoms with Gasteiger partial charge in [0.25, 0.3) is 0 Å². The zero-order valence-electron chi connectivity index (χ0n) is 10.1. The molecule has 1 rings (SSSR count). The monoisotopic (exact) mass is 315 g/mol. The molecule has 5 nitrogen and oxygen atoms in total. The number of carboxylic acid groups (broad SMARTS) is 1. The van der Waals surface area contributed by atoms with Crippen molar-refractivity contribution in [2.45, 2.75) is 19.4 Å². The number of furan rings is 1. The predicted molar refractivity (Wildman–Crippen MR) is 69.9 cm³/mol. The van der Waals surface area contributed by atoms with E-state index in [0.29, 0.717) is 16.9 Å². The van der Waals surface area contributed by atoms with Crippen LogP contribution in [0.3, 0.4) is 0 Å². The summed E-state index contributed by atoms with van der Waals surface area (Å²) >= 11 is 3.15. The van der Waals surface area contributed by atoms with E-state index in [2.05, 4.69) is 15.9 Å². The van der Waals surface area contributed by atoms with Gasteiger partial charge in [-0.2, -0.15) is 0 Å². The minimum absolute atomic E-state index is 0.359. The molecule has 1 aromatic rings. The molecule has 0 radical (unpaired) electrons. The molecule has 1 N–H and O–H groups in total. The van der Waals surface area contributed by atoms with Gasteiger partial charge in [-0.15, -0.1) is 0 Å². The van der Waals surface area contributed by atoms with Crippen LogP contribution in [0.15, 0.2) is 27.3 Å². The van der Waals surface area contributed by atoms with Crippen LogP contribution < -0.4 is 0 Å². The van der Waals surface area contributed by atoms with Gasteiger partial charge in [-0.3, -0.25) is 4.79 Å². The van der Waals surface area contributed by atoms with E-state index >= 15 is 0 Å². The maximum Gasteiger partial charge on any atom is 0.326 e. The first kappa shape index (κ1) is 14.5. The van der Waals surface area contributed by atoms with Gasteiger partial charge in [0.2, 0.25) is 5.91 Å². The third kappa shape index (κ3) is 3.73. The minimum Gasteiger partial charge on any atom is -0.480 e. The molecule has 0 aromatic carbocycles. The van der Waals surface area contributed by atoms with Gasteiger partial charge >= 0.3 is 5.97 Å². The van der Waals surface area contributed by atoms with Crippen molar-refractivity contribution in [1.82, 2.24) is 4.90 Å². The number of hydrogen-bond acceptors (Lipinski definition) is 3. The highest BCUT2D eigenvalue weighted by molar-refractivity contribution is 9.10. The van der Waals surface area contributed by atoms with Crippen molar-refractivity contribution in [2.24, 2.45) is 0 Å². The Kier molecular flexibility index (Phi) is 5.15. The minimum atomic E-state index is -1.01. The average molecular weight is 316 g/mol. The van der Waals surface area contributed by atoms with Gasteiger partial charge in [-0.1, -0.05) is 6.92 Å². The van der Waals surface area contributed by atoms with E-state index in [1.807, 2.05) is 0 Å². The second-order valence-corrected chi connectivity index (χ2v) is 4.47. The van der Waals surface area contributed by atoms with Gasteiger partial charge in [0.1, 0.15) is 11.8 Å². The third-order valence-corrected chi connectivity index (χ3v) is 2.90. The van der Waals surface area contributed by atoms with Gasteiger partial charge in [-0.05, 0) is 40.6 Å². The maximum absolute atomic E-state index is 11.8. The zero-order valence-corrected chi connectivity index (χ0v) is 11.7. The topological polar surface area (TPSA) is 70.8 Å². The first-order valence-corrected chi connectivity index (χ1v) is 6.18. The lowest BCUT2D eigenvalue weighted by Gasteiger charge is -2.22. The number of halogens is 1. The molecule has 0 aliphatic heterocycles. The summed E-state index contributed by atoms with van der Waals surface area (Å²) in [5.74, 6) is -0.869.